The van der Waals surface area contributed by atoms with E-state index in [4.69, 9.17) is 5.73 Å². The van der Waals surface area contributed by atoms with Crippen molar-refractivity contribution in [1.29, 1.82) is 0 Å². The second-order valence-corrected chi connectivity index (χ2v) is 5.99. The molecule has 0 bridgehead atoms. The van der Waals surface area contributed by atoms with E-state index in [1.807, 2.05) is 18.2 Å². The molecule has 1 unspecified atom stereocenters. The maximum absolute atomic E-state index is 12.1. The molecule has 1 amide bonds. The van der Waals surface area contributed by atoms with Crippen LogP contribution in [0.1, 0.15) is 39.0 Å². The second-order valence-electron chi connectivity index (χ2n) is 5.99. The van der Waals surface area contributed by atoms with Gasteiger partial charge in [0.15, 0.2) is 0 Å². The van der Waals surface area contributed by atoms with E-state index in [1.54, 1.807) is 0 Å². The van der Waals surface area contributed by atoms with Gasteiger partial charge in [-0.3, -0.25) is 4.79 Å². The Balaban J connectivity index is 1.97. The summed E-state index contributed by atoms with van der Waals surface area (Å²) in [6.07, 6.45) is 5.15. The molecule has 1 aliphatic rings. The lowest BCUT2D eigenvalue weighted by molar-refractivity contribution is -0.116. The Morgan fingerprint density at radius 1 is 1.29 bits per heavy atom. The number of carbonyl (C=O) groups excluding carboxylic acids is 1. The van der Waals surface area contributed by atoms with Crippen molar-refractivity contribution in [2.75, 3.05) is 29.9 Å². The van der Waals surface area contributed by atoms with Gasteiger partial charge in [-0.2, -0.15) is 0 Å². The molecular formula is C17H27N3O. The number of hydrogen-bond donors (Lipinski definition) is 2. The number of nitrogens with zero attached hydrogens (tertiary/aromatic N) is 1. The van der Waals surface area contributed by atoms with E-state index in [0.717, 1.165) is 30.9 Å². The van der Waals surface area contributed by atoms with Crippen LogP contribution in [0, 0.1) is 5.92 Å². The van der Waals surface area contributed by atoms with Gasteiger partial charge in [0, 0.05) is 19.5 Å². The van der Waals surface area contributed by atoms with Crippen LogP contribution in [0.5, 0.6) is 0 Å². The number of hydrogen-bond acceptors (Lipinski definition) is 3. The van der Waals surface area contributed by atoms with Gasteiger partial charge in [0.1, 0.15) is 0 Å². The van der Waals surface area contributed by atoms with Crippen molar-refractivity contribution in [3.05, 3.63) is 24.3 Å². The van der Waals surface area contributed by atoms with Crippen molar-refractivity contribution in [3.8, 4) is 0 Å². The van der Waals surface area contributed by atoms with Crippen molar-refractivity contribution >= 4 is 17.3 Å². The molecule has 4 heteroatoms. The highest BCUT2D eigenvalue weighted by atomic mass is 16.1. The normalized spacial score (nSPS) is 16.6. The van der Waals surface area contributed by atoms with Crippen LogP contribution in [-0.4, -0.2) is 25.5 Å². The molecule has 0 saturated carbocycles. The van der Waals surface area contributed by atoms with Crippen LogP contribution >= 0.6 is 0 Å². The van der Waals surface area contributed by atoms with E-state index in [9.17, 15) is 4.79 Å². The molecule has 2 rings (SSSR count). The number of nitrogens with one attached hydrogen (secondary N) is 1. The van der Waals surface area contributed by atoms with Gasteiger partial charge in [-0.1, -0.05) is 19.1 Å². The van der Waals surface area contributed by atoms with Crippen molar-refractivity contribution in [2.45, 2.75) is 39.0 Å². The Labute approximate surface area is 127 Å². The minimum absolute atomic E-state index is 0.0831. The van der Waals surface area contributed by atoms with Crippen molar-refractivity contribution in [1.82, 2.24) is 0 Å². The van der Waals surface area contributed by atoms with E-state index in [0.29, 0.717) is 18.9 Å². The topological polar surface area (TPSA) is 58.4 Å². The molecule has 0 aliphatic carbocycles. The number of nitrogens with two attached hydrogens (primary N) is 1. The lowest BCUT2D eigenvalue weighted by atomic mass is 10.1. The van der Waals surface area contributed by atoms with Gasteiger partial charge >= 0.3 is 0 Å². The Bertz CT molecular complexity index is 455. The van der Waals surface area contributed by atoms with Crippen molar-refractivity contribution in [3.63, 3.8) is 0 Å². The highest BCUT2D eigenvalue weighted by Crippen LogP contribution is 2.28. The standard InChI is InChI=1S/C17H27N3O/c1-14(13-18)9-10-17(21)19-15-7-3-4-8-16(15)20-11-5-2-6-12-20/h3-4,7-8,14H,2,5-6,9-13,18H2,1H3,(H,19,21). The van der Waals surface area contributed by atoms with Crippen LogP contribution < -0.4 is 16.0 Å². The minimum Gasteiger partial charge on any atom is -0.370 e. The minimum atomic E-state index is 0.0831. The lowest BCUT2D eigenvalue weighted by Crippen LogP contribution is -2.30. The third-order valence-electron chi connectivity index (χ3n) is 4.14. The van der Waals surface area contributed by atoms with Crippen LogP contribution in [0.3, 0.4) is 0 Å². The van der Waals surface area contributed by atoms with Crippen LogP contribution in [0.4, 0.5) is 11.4 Å². The molecule has 1 heterocycles. The fourth-order valence-electron chi connectivity index (χ4n) is 2.70. The largest absolute Gasteiger partial charge is 0.370 e. The zero-order chi connectivity index (χ0) is 15.1. The van der Waals surface area contributed by atoms with E-state index in [2.05, 4.69) is 23.2 Å². The van der Waals surface area contributed by atoms with Gasteiger partial charge in [0.25, 0.3) is 0 Å². The van der Waals surface area contributed by atoms with Gasteiger partial charge in [0.05, 0.1) is 11.4 Å². The third kappa shape index (κ3) is 4.74. The summed E-state index contributed by atoms with van der Waals surface area (Å²) in [5.41, 5.74) is 7.68. The van der Waals surface area contributed by atoms with Gasteiger partial charge < -0.3 is 16.0 Å². The first kappa shape index (κ1) is 15.8. The van der Waals surface area contributed by atoms with Crippen molar-refractivity contribution < 1.29 is 4.79 Å². The molecule has 0 spiro atoms. The molecule has 21 heavy (non-hydrogen) atoms. The molecule has 0 aromatic heterocycles. The molecule has 4 nitrogen and oxygen atoms in total. The van der Waals surface area contributed by atoms with Gasteiger partial charge in [-0.25, -0.2) is 0 Å². The summed E-state index contributed by atoms with van der Waals surface area (Å²) in [6, 6.07) is 8.11. The van der Waals surface area contributed by atoms with E-state index < -0.39 is 0 Å². The summed E-state index contributed by atoms with van der Waals surface area (Å²) >= 11 is 0. The smallest absolute Gasteiger partial charge is 0.224 e. The second kappa shape index (κ2) is 8.03. The maximum Gasteiger partial charge on any atom is 0.224 e. The number of benzene rings is 1. The van der Waals surface area contributed by atoms with E-state index in [-0.39, 0.29) is 5.91 Å². The average Bonchev–Trinajstić information content (AvgIpc) is 2.54. The lowest BCUT2D eigenvalue weighted by Gasteiger charge is -2.30. The molecule has 1 aromatic rings. The molecule has 116 valence electrons. The summed E-state index contributed by atoms with van der Waals surface area (Å²) in [5.74, 6) is 0.479. The van der Waals surface area contributed by atoms with Gasteiger partial charge in [-0.05, 0) is 50.3 Å². The monoisotopic (exact) mass is 289 g/mol. The summed E-state index contributed by atoms with van der Waals surface area (Å²) < 4.78 is 0. The summed E-state index contributed by atoms with van der Waals surface area (Å²) in [6.45, 7) is 4.88. The molecule has 3 N–H and O–H groups in total. The fourth-order valence-corrected chi connectivity index (χ4v) is 2.70. The number of piperidine rings is 1. The Morgan fingerprint density at radius 2 is 2.00 bits per heavy atom. The third-order valence-corrected chi connectivity index (χ3v) is 4.14. The van der Waals surface area contributed by atoms with Crippen LogP contribution in [0.25, 0.3) is 0 Å². The van der Waals surface area contributed by atoms with Gasteiger partial charge in [-0.15, -0.1) is 0 Å². The van der Waals surface area contributed by atoms with E-state index >= 15 is 0 Å². The molecule has 1 aromatic carbocycles. The molecule has 0 radical (unpaired) electrons. The molecule has 1 fully saturated rings. The first-order chi connectivity index (χ1) is 10.2. The average molecular weight is 289 g/mol. The predicted molar refractivity (Wildman–Crippen MR) is 88.6 cm³/mol. The Morgan fingerprint density at radius 3 is 2.71 bits per heavy atom. The predicted octanol–water partition coefficient (Wildman–Crippen LogP) is 2.99. The molecule has 1 aliphatic heterocycles. The quantitative estimate of drug-likeness (QED) is 0.846. The Kier molecular flexibility index (Phi) is 6.05. The molecule has 1 saturated heterocycles. The molecule has 1 atom stereocenters. The SMILES string of the molecule is CC(CN)CCC(=O)Nc1ccccc1N1CCCCC1. The Hall–Kier alpha value is -1.55. The zero-order valence-corrected chi connectivity index (χ0v) is 13.0. The number of amides is 1. The molecular weight excluding hydrogens is 262 g/mol. The summed E-state index contributed by atoms with van der Waals surface area (Å²) in [7, 11) is 0. The van der Waals surface area contributed by atoms with Crippen molar-refractivity contribution in [2.24, 2.45) is 11.7 Å². The first-order valence-corrected chi connectivity index (χ1v) is 8.04. The van der Waals surface area contributed by atoms with Crippen LogP contribution in [0.2, 0.25) is 0 Å². The van der Waals surface area contributed by atoms with Crippen LogP contribution in [0.15, 0.2) is 24.3 Å². The highest BCUT2D eigenvalue weighted by Gasteiger charge is 2.15. The summed E-state index contributed by atoms with van der Waals surface area (Å²) in [5, 5.41) is 3.07. The zero-order valence-electron chi connectivity index (χ0n) is 13.0. The van der Waals surface area contributed by atoms with Gasteiger partial charge in [0.2, 0.25) is 5.91 Å². The number of para-hydroxylation sites is 2. The maximum atomic E-state index is 12.1. The first-order valence-electron chi connectivity index (χ1n) is 8.04. The fraction of sp³-hybridized carbons (Fsp3) is 0.588. The van der Waals surface area contributed by atoms with E-state index in [1.165, 1.54) is 19.3 Å². The number of rotatable bonds is 6. The van der Waals surface area contributed by atoms with Crippen LogP contribution in [-0.2, 0) is 4.79 Å². The number of anilines is 2. The highest BCUT2D eigenvalue weighted by molar-refractivity contribution is 5.94. The summed E-state index contributed by atoms with van der Waals surface area (Å²) in [4.78, 5) is 14.5. The number of carbonyl (C=O) groups is 1.